The molecular formula is C19H33IN4S. The first kappa shape index (κ1) is 20.8. The molecule has 3 rings (SSSR count). The van der Waals surface area contributed by atoms with Crippen molar-refractivity contribution in [1.29, 1.82) is 0 Å². The number of halogens is 1. The van der Waals surface area contributed by atoms with E-state index in [1.165, 1.54) is 49.9 Å². The van der Waals surface area contributed by atoms with Crippen LogP contribution < -0.4 is 15.5 Å². The highest BCUT2D eigenvalue weighted by Gasteiger charge is 2.32. The lowest BCUT2D eigenvalue weighted by atomic mass is 9.83. The predicted molar refractivity (Wildman–Crippen MR) is 121 cm³/mol. The zero-order valence-electron chi connectivity index (χ0n) is 15.6. The third-order valence-corrected chi connectivity index (χ3v) is 6.85. The summed E-state index contributed by atoms with van der Waals surface area (Å²) >= 11 is 1.84. The van der Waals surface area contributed by atoms with E-state index in [0.29, 0.717) is 11.5 Å². The first-order valence-electron chi connectivity index (χ1n) is 9.50. The molecule has 1 aromatic rings. The molecule has 0 radical (unpaired) electrons. The van der Waals surface area contributed by atoms with Gasteiger partial charge in [-0.25, -0.2) is 0 Å². The molecule has 2 heterocycles. The Morgan fingerprint density at radius 3 is 2.60 bits per heavy atom. The molecule has 6 heteroatoms. The summed E-state index contributed by atoms with van der Waals surface area (Å²) in [5, 5.41) is 10.8. The number of anilines is 1. The van der Waals surface area contributed by atoms with Crippen molar-refractivity contribution in [2.75, 3.05) is 31.6 Å². The number of aliphatic imine (C=N–C) groups is 1. The average Bonchev–Trinajstić information content (AvgIpc) is 3.31. The summed E-state index contributed by atoms with van der Waals surface area (Å²) in [5.41, 5.74) is 0.500. The third kappa shape index (κ3) is 5.49. The Kier molecular flexibility index (Phi) is 8.32. The van der Waals surface area contributed by atoms with E-state index in [0.717, 1.165) is 25.6 Å². The number of hydrogen-bond acceptors (Lipinski definition) is 3. The zero-order valence-corrected chi connectivity index (χ0v) is 18.7. The van der Waals surface area contributed by atoms with Gasteiger partial charge in [0.1, 0.15) is 0 Å². The highest BCUT2D eigenvalue weighted by atomic mass is 127. The maximum absolute atomic E-state index is 4.46. The van der Waals surface area contributed by atoms with Gasteiger partial charge in [-0.3, -0.25) is 4.99 Å². The quantitative estimate of drug-likeness (QED) is 0.374. The van der Waals surface area contributed by atoms with Crippen molar-refractivity contribution < 1.29 is 0 Å². The van der Waals surface area contributed by atoms with Gasteiger partial charge in [0.05, 0.1) is 5.00 Å². The molecule has 1 aliphatic carbocycles. The van der Waals surface area contributed by atoms with E-state index in [2.05, 4.69) is 45.0 Å². The van der Waals surface area contributed by atoms with Gasteiger partial charge in [-0.05, 0) is 55.0 Å². The van der Waals surface area contributed by atoms with Crippen molar-refractivity contribution in [2.45, 2.75) is 57.9 Å². The first-order chi connectivity index (χ1) is 11.7. The maximum atomic E-state index is 4.46. The summed E-state index contributed by atoms with van der Waals surface area (Å²) in [6.45, 7) is 5.67. The SMILES string of the molecule is CCC1(CNC(=NC)NC2CCN(c3cccs3)CC2)CCCC1.I. The van der Waals surface area contributed by atoms with Gasteiger partial charge in [0.2, 0.25) is 0 Å². The summed E-state index contributed by atoms with van der Waals surface area (Å²) in [4.78, 5) is 6.96. The third-order valence-electron chi connectivity index (χ3n) is 5.92. The van der Waals surface area contributed by atoms with E-state index in [1.54, 1.807) is 0 Å². The number of nitrogens with zero attached hydrogens (tertiary/aromatic N) is 2. The molecule has 0 bridgehead atoms. The van der Waals surface area contributed by atoms with Gasteiger partial charge in [0.15, 0.2) is 5.96 Å². The second-order valence-electron chi connectivity index (χ2n) is 7.34. The normalized spacial score (nSPS) is 21.0. The van der Waals surface area contributed by atoms with E-state index in [1.807, 2.05) is 18.4 Å². The number of thiophene rings is 1. The Hall–Kier alpha value is -0.500. The average molecular weight is 476 g/mol. The molecule has 142 valence electrons. The second kappa shape index (κ2) is 10.00. The van der Waals surface area contributed by atoms with Crippen LogP contribution >= 0.6 is 35.3 Å². The van der Waals surface area contributed by atoms with Crippen LogP contribution in [0.15, 0.2) is 22.5 Å². The molecule has 0 unspecified atom stereocenters. The van der Waals surface area contributed by atoms with Crippen LogP contribution in [-0.4, -0.2) is 38.7 Å². The lowest BCUT2D eigenvalue weighted by Crippen LogP contribution is -2.50. The van der Waals surface area contributed by atoms with Crippen LogP contribution in [-0.2, 0) is 0 Å². The van der Waals surface area contributed by atoms with Gasteiger partial charge in [0, 0.05) is 32.7 Å². The Bertz CT molecular complexity index is 518. The molecule has 25 heavy (non-hydrogen) atoms. The largest absolute Gasteiger partial charge is 0.363 e. The van der Waals surface area contributed by atoms with Crippen LogP contribution in [0.2, 0.25) is 0 Å². The first-order valence-corrected chi connectivity index (χ1v) is 10.4. The molecule has 0 atom stereocenters. The Morgan fingerprint density at radius 2 is 2.04 bits per heavy atom. The Morgan fingerprint density at radius 1 is 1.32 bits per heavy atom. The predicted octanol–water partition coefficient (Wildman–Crippen LogP) is 4.47. The van der Waals surface area contributed by atoms with Crippen LogP contribution in [0.25, 0.3) is 0 Å². The molecule has 4 nitrogen and oxygen atoms in total. The summed E-state index contributed by atoms with van der Waals surface area (Å²) in [6.07, 6.45) is 9.15. The molecule has 2 N–H and O–H groups in total. The molecule has 0 spiro atoms. The van der Waals surface area contributed by atoms with Crippen LogP contribution in [0.5, 0.6) is 0 Å². The van der Waals surface area contributed by atoms with E-state index >= 15 is 0 Å². The highest BCUT2D eigenvalue weighted by molar-refractivity contribution is 14.0. The number of nitrogens with one attached hydrogen (secondary N) is 2. The Balaban J connectivity index is 0.00000225. The highest BCUT2D eigenvalue weighted by Crippen LogP contribution is 2.40. The Labute approximate surface area is 173 Å². The van der Waals surface area contributed by atoms with Gasteiger partial charge in [-0.1, -0.05) is 19.8 Å². The standard InChI is InChI=1S/C19H32N4S.HI/c1-3-19(10-4-5-11-19)15-21-18(20-2)22-16-8-12-23(13-9-16)17-7-6-14-24-17;/h6-7,14,16H,3-5,8-13,15H2,1-2H3,(H2,20,21,22);1H. The zero-order chi connectivity index (χ0) is 16.8. The fourth-order valence-corrected chi connectivity index (χ4v) is 4.92. The number of piperidine rings is 1. The van der Waals surface area contributed by atoms with E-state index in [-0.39, 0.29) is 24.0 Å². The van der Waals surface area contributed by atoms with Gasteiger partial charge in [-0.15, -0.1) is 35.3 Å². The minimum atomic E-state index is 0. The minimum absolute atomic E-state index is 0. The molecule has 2 aliphatic rings. The molecule has 2 fully saturated rings. The summed E-state index contributed by atoms with van der Waals surface area (Å²) in [6, 6.07) is 4.90. The van der Waals surface area contributed by atoms with Crippen LogP contribution in [0.1, 0.15) is 51.9 Å². The van der Waals surface area contributed by atoms with E-state index in [9.17, 15) is 0 Å². The molecule has 1 aromatic heterocycles. The second-order valence-corrected chi connectivity index (χ2v) is 8.27. The molecule has 0 aromatic carbocycles. The maximum Gasteiger partial charge on any atom is 0.191 e. The molecular weight excluding hydrogens is 443 g/mol. The monoisotopic (exact) mass is 476 g/mol. The molecule has 1 aliphatic heterocycles. The van der Waals surface area contributed by atoms with Crippen molar-refractivity contribution in [3.63, 3.8) is 0 Å². The fourth-order valence-electron chi connectivity index (χ4n) is 4.13. The van der Waals surface area contributed by atoms with Gasteiger partial charge in [-0.2, -0.15) is 0 Å². The number of rotatable bonds is 5. The van der Waals surface area contributed by atoms with Gasteiger partial charge >= 0.3 is 0 Å². The summed E-state index contributed by atoms with van der Waals surface area (Å²) < 4.78 is 0. The lowest BCUT2D eigenvalue weighted by Gasteiger charge is -2.34. The van der Waals surface area contributed by atoms with Gasteiger partial charge in [0.25, 0.3) is 0 Å². The summed E-state index contributed by atoms with van der Waals surface area (Å²) in [5.74, 6) is 0.990. The van der Waals surface area contributed by atoms with Crippen molar-refractivity contribution in [3.05, 3.63) is 17.5 Å². The fraction of sp³-hybridized carbons (Fsp3) is 0.737. The molecule has 0 amide bonds. The molecule has 1 saturated carbocycles. The van der Waals surface area contributed by atoms with E-state index < -0.39 is 0 Å². The smallest absolute Gasteiger partial charge is 0.191 e. The van der Waals surface area contributed by atoms with Crippen LogP contribution in [0.4, 0.5) is 5.00 Å². The van der Waals surface area contributed by atoms with Crippen molar-refractivity contribution in [1.82, 2.24) is 10.6 Å². The molecule has 1 saturated heterocycles. The minimum Gasteiger partial charge on any atom is -0.363 e. The van der Waals surface area contributed by atoms with Crippen molar-refractivity contribution >= 4 is 46.3 Å². The van der Waals surface area contributed by atoms with Crippen molar-refractivity contribution in [2.24, 2.45) is 10.4 Å². The topological polar surface area (TPSA) is 39.7 Å². The number of guanidine groups is 1. The van der Waals surface area contributed by atoms with E-state index in [4.69, 9.17) is 0 Å². The van der Waals surface area contributed by atoms with Crippen LogP contribution in [0, 0.1) is 5.41 Å². The lowest BCUT2D eigenvalue weighted by molar-refractivity contribution is 0.282. The van der Waals surface area contributed by atoms with Gasteiger partial charge < -0.3 is 15.5 Å². The number of hydrogen-bond donors (Lipinski definition) is 2. The van der Waals surface area contributed by atoms with Crippen LogP contribution in [0.3, 0.4) is 0 Å². The summed E-state index contributed by atoms with van der Waals surface area (Å²) in [7, 11) is 1.89. The van der Waals surface area contributed by atoms with Crippen molar-refractivity contribution in [3.8, 4) is 0 Å².